The summed E-state index contributed by atoms with van der Waals surface area (Å²) >= 11 is 1.95. The van der Waals surface area contributed by atoms with Crippen LogP contribution in [0.4, 0.5) is 18.9 Å². The fraction of sp³-hybridized carbons (Fsp3) is 0. The third kappa shape index (κ3) is 2.72. The lowest BCUT2D eigenvalue weighted by atomic mass is 10.1. The minimum absolute atomic E-state index is 0.390. The average Bonchev–Trinajstić information content (AvgIpc) is 2.43. The van der Waals surface area contributed by atoms with Crippen LogP contribution >= 0.6 is 22.6 Å². The van der Waals surface area contributed by atoms with Crippen LogP contribution in [0, 0.1) is 21.0 Å². The number of benzene rings is 2. The molecule has 104 valence electrons. The molecule has 0 heterocycles. The van der Waals surface area contributed by atoms with E-state index >= 15 is 0 Å². The minimum atomic E-state index is -1.73. The Morgan fingerprint density at radius 3 is 2.45 bits per heavy atom. The zero-order chi connectivity index (χ0) is 14.9. The lowest BCUT2D eigenvalue weighted by molar-refractivity contribution is 0.102. The molecular formula is C13H7F3INO2. The minimum Gasteiger partial charge on any atom is -0.503 e. The molecule has 0 spiro atoms. The molecule has 0 radical (unpaired) electrons. The number of carbonyl (C=O) groups is 1. The summed E-state index contributed by atoms with van der Waals surface area (Å²) in [5, 5.41) is 11.4. The summed E-state index contributed by atoms with van der Waals surface area (Å²) in [7, 11) is 0. The normalized spacial score (nSPS) is 10.4. The lowest BCUT2D eigenvalue weighted by Crippen LogP contribution is -2.15. The predicted molar refractivity (Wildman–Crippen MR) is 75.1 cm³/mol. The van der Waals surface area contributed by atoms with Gasteiger partial charge in [-0.1, -0.05) is 12.1 Å². The average molecular weight is 393 g/mol. The summed E-state index contributed by atoms with van der Waals surface area (Å²) < 4.78 is 40.3. The van der Waals surface area contributed by atoms with Crippen molar-refractivity contribution in [2.24, 2.45) is 0 Å². The monoisotopic (exact) mass is 393 g/mol. The van der Waals surface area contributed by atoms with Crippen molar-refractivity contribution in [3.05, 3.63) is 56.9 Å². The summed E-state index contributed by atoms with van der Waals surface area (Å²) in [5.74, 6) is -7.24. The van der Waals surface area contributed by atoms with Gasteiger partial charge in [0.25, 0.3) is 5.91 Å². The molecule has 1 amide bonds. The molecule has 0 aliphatic rings. The molecule has 7 heteroatoms. The molecule has 0 unspecified atom stereocenters. The molecule has 0 atom stereocenters. The lowest BCUT2D eigenvalue weighted by Gasteiger charge is -2.09. The SMILES string of the molecule is O=C(Nc1ccccc1I)c1cc(F)c(F)c(O)c1F. The van der Waals surface area contributed by atoms with E-state index in [2.05, 4.69) is 5.32 Å². The van der Waals surface area contributed by atoms with Gasteiger partial charge in [-0.25, -0.2) is 8.78 Å². The van der Waals surface area contributed by atoms with Crippen molar-refractivity contribution in [2.45, 2.75) is 0 Å². The predicted octanol–water partition coefficient (Wildman–Crippen LogP) is 3.67. The maximum Gasteiger partial charge on any atom is 0.258 e. The van der Waals surface area contributed by atoms with Crippen molar-refractivity contribution in [2.75, 3.05) is 5.32 Å². The summed E-state index contributed by atoms with van der Waals surface area (Å²) in [4.78, 5) is 11.8. The zero-order valence-corrected chi connectivity index (χ0v) is 11.9. The van der Waals surface area contributed by atoms with Gasteiger partial charge >= 0.3 is 0 Å². The Morgan fingerprint density at radius 1 is 1.15 bits per heavy atom. The third-order valence-electron chi connectivity index (χ3n) is 2.50. The second kappa shape index (κ2) is 5.70. The van der Waals surface area contributed by atoms with E-state index in [1.54, 1.807) is 24.3 Å². The molecule has 0 bridgehead atoms. The first kappa shape index (κ1) is 14.6. The van der Waals surface area contributed by atoms with Crippen LogP contribution < -0.4 is 5.32 Å². The largest absolute Gasteiger partial charge is 0.503 e. The Balaban J connectivity index is 2.38. The van der Waals surface area contributed by atoms with E-state index in [9.17, 15) is 18.0 Å². The number of halogens is 4. The molecule has 0 aromatic heterocycles. The number of rotatable bonds is 2. The number of nitrogens with one attached hydrogen (secondary N) is 1. The van der Waals surface area contributed by atoms with Gasteiger partial charge in [0.05, 0.1) is 11.3 Å². The summed E-state index contributed by atoms with van der Waals surface area (Å²) in [6, 6.07) is 7.06. The van der Waals surface area contributed by atoms with Crippen LogP contribution in [0.5, 0.6) is 5.75 Å². The zero-order valence-electron chi connectivity index (χ0n) is 9.75. The number of carbonyl (C=O) groups excluding carboxylic acids is 1. The summed E-state index contributed by atoms with van der Waals surface area (Å²) in [6.07, 6.45) is 0. The number of para-hydroxylation sites is 1. The van der Waals surface area contributed by atoms with Gasteiger partial charge in [0.15, 0.2) is 17.4 Å². The maximum atomic E-state index is 13.6. The summed E-state index contributed by atoms with van der Waals surface area (Å²) in [6.45, 7) is 0. The Bertz CT molecular complexity index is 692. The van der Waals surface area contributed by atoms with E-state index in [0.29, 0.717) is 15.3 Å². The third-order valence-corrected chi connectivity index (χ3v) is 3.44. The quantitative estimate of drug-likeness (QED) is 0.605. The number of anilines is 1. The van der Waals surface area contributed by atoms with Crippen LogP contribution in [0.2, 0.25) is 0 Å². The van der Waals surface area contributed by atoms with Crippen LogP contribution in [0.15, 0.2) is 30.3 Å². The maximum absolute atomic E-state index is 13.6. The molecule has 20 heavy (non-hydrogen) atoms. The highest BCUT2D eigenvalue weighted by Gasteiger charge is 2.22. The highest BCUT2D eigenvalue weighted by molar-refractivity contribution is 14.1. The van der Waals surface area contributed by atoms with Gasteiger partial charge in [-0.3, -0.25) is 4.79 Å². The molecule has 0 fully saturated rings. The van der Waals surface area contributed by atoms with Gasteiger partial charge in [-0.05, 0) is 40.8 Å². The van der Waals surface area contributed by atoms with Crippen LogP contribution in [-0.4, -0.2) is 11.0 Å². The van der Waals surface area contributed by atoms with Crippen molar-refractivity contribution in [3.8, 4) is 5.75 Å². The molecule has 0 aliphatic heterocycles. The molecule has 2 aromatic rings. The van der Waals surface area contributed by atoms with Gasteiger partial charge in [0.2, 0.25) is 5.82 Å². The van der Waals surface area contributed by atoms with Gasteiger partial charge in [-0.15, -0.1) is 0 Å². The van der Waals surface area contributed by atoms with E-state index in [4.69, 9.17) is 5.11 Å². The molecule has 0 saturated carbocycles. The molecule has 3 nitrogen and oxygen atoms in total. The van der Waals surface area contributed by atoms with Crippen LogP contribution in [0.25, 0.3) is 0 Å². The highest BCUT2D eigenvalue weighted by Crippen LogP contribution is 2.27. The number of aromatic hydroxyl groups is 1. The second-order valence-electron chi connectivity index (χ2n) is 3.82. The molecule has 2 N–H and O–H groups in total. The molecule has 2 aromatic carbocycles. The van der Waals surface area contributed by atoms with E-state index in [0.717, 1.165) is 0 Å². The van der Waals surface area contributed by atoms with Crippen molar-refractivity contribution in [1.29, 1.82) is 0 Å². The van der Waals surface area contributed by atoms with Crippen LogP contribution in [0.3, 0.4) is 0 Å². The first-order valence-electron chi connectivity index (χ1n) is 5.34. The highest BCUT2D eigenvalue weighted by atomic mass is 127. The Kier molecular flexibility index (Phi) is 4.17. The van der Waals surface area contributed by atoms with Gasteiger partial charge in [0, 0.05) is 3.57 Å². The Morgan fingerprint density at radius 2 is 1.80 bits per heavy atom. The molecule has 0 aliphatic carbocycles. The van der Waals surface area contributed by atoms with Crippen molar-refractivity contribution >= 4 is 34.2 Å². The molecule has 0 saturated heterocycles. The number of amides is 1. The van der Waals surface area contributed by atoms with Crippen LogP contribution in [0.1, 0.15) is 10.4 Å². The second-order valence-corrected chi connectivity index (χ2v) is 4.98. The Hall–Kier alpha value is -1.77. The van der Waals surface area contributed by atoms with E-state index < -0.39 is 34.7 Å². The fourth-order valence-corrected chi connectivity index (χ4v) is 2.03. The molecular weight excluding hydrogens is 386 g/mol. The topological polar surface area (TPSA) is 49.3 Å². The van der Waals surface area contributed by atoms with Crippen molar-refractivity contribution in [3.63, 3.8) is 0 Å². The van der Waals surface area contributed by atoms with Gasteiger partial charge in [-0.2, -0.15) is 4.39 Å². The number of phenols is 1. The number of hydrogen-bond acceptors (Lipinski definition) is 2. The summed E-state index contributed by atoms with van der Waals surface area (Å²) in [5.41, 5.74) is -0.386. The van der Waals surface area contributed by atoms with E-state index in [1.807, 2.05) is 22.6 Å². The van der Waals surface area contributed by atoms with Gasteiger partial charge in [0.1, 0.15) is 0 Å². The smallest absolute Gasteiger partial charge is 0.258 e. The Labute approximate surface area is 125 Å². The first-order valence-corrected chi connectivity index (χ1v) is 6.42. The fourth-order valence-electron chi connectivity index (χ4n) is 1.51. The van der Waals surface area contributed by atoms with Crippen molar-refractivity contribution < 1.29 is 23.1 Å². The van der Waals surface area contributed by atoms with Crippen LogP contribution in [-0.2, 0) is 0 Å². The van der Waals surface area contributed by atoms with Crippen molar-refractivity contribution in [1.82, 2.24) is 0 Å². The number of phenolic OH excluding ortho intramolecular Hbond substituents is 1. The van der Waals surface area contributed by atoms with E-state index in [-0.39, 0.29) is 0 Å². The first-order chi connectivity index (χ1) is 9.41. The number of hydrogen-bond donors (Lipinski definition) is 2. The molecule has 2 rings (SSSR count). The standard InChI is InChI=1S/C13H7F3INO2/c14-7-5-6(10(15)12(19)11(7)16)13(20)18-9-4-2-1-3-8(9)17/h1-5,19H,(H,18,20). The van der Waals surface area contributed by atoms with Gasteiger partial charge < -0.3 is 10.4 Å². The van der Waals surface area contributed by atoms with E-state index in [1.165, 1.54) is 0 Å².